The molecule has 1 unspecified atom stereocenters. The second kappa shape index (κ2) is 6.50. The van der Waals surface area contributed by atoms with Gasteiger partial charge >= 0.3 is 0 Å². The predicted molar refractivity (Wildman–Crippen MR) is 74.1 cm³/mol. The molecule has 1 amide bonds. The quantitative estimate of drug-likeness (QED) is 0.741. The lowest BCUT2D eigenvalue weighted by Crippen LogP contribution is -2.29. The summed E-state index contributed by atoms with van der Waals surface area (Å²) in [6, 6.07) is 4.09. The van der Waals surface area contributed by atoms with Crippen LogP contribution in [0.4, 0.5) is 4.39 Å². The topological polar surface area (TPSA) is 20.3 Å². The lowest BCUT2D eigenvalue weighted by Gasteiger charge is -2.18. The van der Waals surface area contributed by atoms with Crippen LogP contribution in [0.3, 0.4) is 0 Å². The Balaban J connectivity index is 2.75. The van der Waals surface area contributed by atoms with E-state index in [1.807, 2.05) is 6.92 Å². The molecule has 0 aliphatic carbocycles. The van der Waals surface area contributed by atoms with Gasteiger partial charge in [-0.05, 0) is 40.5 Å². The summed E-state index contributed by atoms with van der Waals surface area (Å²) in [5.74, 6) is -0.463. The third-order valence-electron chi connectivity index (χ3n) is 2.37. The van der Waals surface area contributed by atoms with E-state index in [1.54, 1.807) is 11.9 Å². The molecule has 0 N–H and O–H groups in total. The number of benzene rings is 1. The summed E-state index contributed by atoms with van der Waals surface area (Å²) in [7, 11) is 1.74. The van der Waals surface area contributed by atoms with Crippen LogP contribution in [0.15, 0.2) is 22.7 Å². The van der Waals surface area contributed by atoms with Crippen molar-refractivity contribution < 1.29 is 9.18 Å². The van der Waals surface area contributed by atoms with Crippen molar-refractivity contribution in [3.8, 4) is 0 Å². The van der Waals surface area contributed by atoms with Crippen molar-refractivity contribution in [2.24, 2.45) is 0 Å². The van der Waals surface area contributed by atoms with E-state index in [-0.39, 0.29) is 11.7 Å². The van der Waals surface area contributed by atoms with Gasteiger partial charge in [0.25, 0.3) is 5.91 Å². The lowest BCUT2D eigenvalue weighted by molar-refractivity contribution is 0.0793. The van der Waals surface area contributed by atoms with Gasteiger partial charge in [-0.1, -0.05) is 22.9 Å². The fourth-order valence-electron chi connectivity index (χ4n) is 1.34. The molecule has 0 saturated carbocycles. The minimum absolute atomic E-state index is 0.106. The maximum atomic E-state index is 12.9. The number of nitrogens with zero attached hydrogens (tertiary/aromatic N) is 1. The van der Waals surface area contributed by atoms with Gasteiger partial charge in [-0.15, -0.1) is 0 Å². The Morgan fingerprint density at radius 1 is 1.53 bits per heavy atom. The van der Waals surface area contributed by atoms with Gasteiger partial charge in [-0.25, -0.2) is 4.39 Å². The maximum Gasteiger partial charge on any atom is 0.254 e. The average Bonchev–Trinajstić information content (AvgIpc) is 2.25. The zero-order chi connectivity index (χ0) is 13.0. The van der Waals surface area contributed by atoms with Gasteiger partial charge in [0.15, 0.2) is 0 Å². The molecule has 0 spiro atoms. The Labute approximate surface area is 117 Å². The molecule has 5 heteroatoms. The molecule has 0 fully saturated rings. The molecule has 0 aliphatic rings. The molecule has 0 saturated heterocycles. The minimum Gasteiger partial charge on any atom is -0.342 e. The van der Waals surface area contributed by atoms with E-state index in [1.165, 1.54) is 18.2 Å². The monoisotopic (exact) mass is 365 g/mol. The van der Waals surface area contributed by atoms with E-state index in [4.69, 9.17) is 0 Å². The van der Waals surface area contributed by atoms with Gasteiger partial charge in [-0.3, -0.25) is 4.79 Å². The molecular formula is C12H14Br2FNO. The summed E-state index contributed by atoms with van der Waals surface area (Å²) < 4.78 is 13.4. The summed E-state index contributed by atoms with van der Waals surface area (Å²) >= 11 is 6.63. The van der Waals surface area contributed by atoms with E-state index in [9.17, 15) is 9.18 Å². The normalized spacial score (nSPS) is 12.3. The van der Waals surface area contributed by atoms with Crippen LogP contribution in [0, 0.1) is 5.82 Å². The number of hydrogen-bond acceptors (Lipinski definition) is 1. The van der Waals surface area contributed by atoms with Crippen LogP contribution < -0.4 is 0 Å². The van der Waals surface area contributed by atoms with Crippen LogP contribution in [0.25, 0.3) is 0 Å². The zero-order valence-corrected chi connectivity index (χ0v) is 12.9. The summed E-state index contributed by atoms with van der Waals surface area (Å²) in [5.41, 5.74) is 0.483. The Morgan fingerprint density at radius 3 is 2.71 bits per heavy atom. The second-order valence-corrected chi connectivity index (χ2v) is 6.34. The zero-order valence-electron chi connectivity index (χ0n) is 9.71. The number of hydrogen-bond donors (Lipinski definition) is 0. The molecule has 1 rings (SSSR count). The SMILES string of the molecule is CC(Br)CCN(C)C(=O)c1ccc(F)cc1Br. The van der Waals surface area contributed by atoms with E-state index in [2.05, 4.69) is 31.9 Å². The Kier molecular flexibility index (Phi) is 5.59. The molecule has 1 aromatic rings. The fraction of sp³-hybridized carbons (Fsp3) is 0.417. The van der Waals surface area contributed by atoms with Gasteiger partial charge < -0.3 is 4.90 Å². The standard InChI is InChI=1S/C12H14Br2FNO/c1-8(13)5-6-16(2)12(17)10-4-3-9(15)7-11(10)14/h3-4,7-8H,5-6H2,1-2H3. The van der Waals surface area contributed by atoms with Gasteiger partial charge in [0, 0.05) is 22.9 Å². The second-order valence-electron chi connectivity index (χ2n) is 3.92. The van der Waals surface area contributed by atoms with Crippen LogP contribution >= 0.6 is 31.9 Å². The first-order valence-electron chi connectivity index (χ1n) is 5.26. The third-order valence-corrected chi connectivity index (χ3v) is 3.48. The highest BCUT2D eigenvalue weighted by atomic mass is 79.9. The summed E-state index contributed by atoms with van der Waals surface area (Å²) in [6.07, 6.45) is 0.876. The van der Waals surface area contributed by atoms with Crippen molar-refractivity contribution in [2.45, 2.75) is 18.2 Å². The van der Waals surface area contributed by atoms with Crippen LogP contribution in [0.1, 0.15) is 23.7 Å². The molecule has 0 aromatic heterocycles. The molecule has 94 valence electrons. The van der Waals surface area contributed by atoms with Gasteiger partial charge in [0.2, 0.25) is 0 Å². The van der Waals surface area contributed by atoms with Crippen molar-refractivity contribution in [2.75, 3.05) is 13.6 Å². The Morgan fingerprint density at radius 2 is 2.18 bits per heavy atom. The average molecular weight is 367 g/mol. The first-order valence-corrected chi connectivity index (χ1v) is 6.97. The van der Waals surface area contributed by atoms with E-state index < -0.39 is 0 Å². The molecule has 0 aliphatic heterocycles. The molecular weight excluding hydrogens is 353 g/mol. The van der Waals surface area contributed by atoms with Crippen LogP contribution in [-0.2, 0) is 0 Å². The van der Waals surface area contributed by atoms with Gasteiger partial charge in [0.1, 0.15) is 5.82 Å². The van der Waals surface area contributed by atoms with E-state index in [0.29, 0.717) is 21.4 Å². The third kappa shape index (κ3) is 4.39. The number of halogens is 3. The largest absolute Gasteiger partial charge is 0.342 e. The number of carbonyl (C=O) groups excluding carboxylic acids is 1. The molecule has 1 atom stereocenters. The summed E-state index contributed by atoms with van der Waals surface area (Å²) in [4.78, 5) is 14.1. The van der Waals surface area contributed by atoms with Crippen molar-refractivity contribution >= 4 is 37.8 Å². The van der Waals surface area contributed by atoms with Crippen molar-refractivity contribution in [1.29, 1.82) is 0 Å². The molecule has 1 aromatic carbocycles. The van der Waals surface area contributed by atoms with Crippen molar-refractivity contribution in [3.05, 3.63) is 34.1 Å². The van der Waals surface area contributed by atoms with Crippen molar-refractivity contribution in [1.82, 2.24) is 4.90 Å². The highest BCUT2D eigenvalue weighted by Gasteiger charge is 2.15. The van der Waals surface area contributed by atoms with Crippen molar-refractivity contribution in [3.63, 3.8) is 0 Å². The van der Waals surface area contributed by atoms with E-state index >= 15 is 0 Å². The number of alkyl halides is 1. The highest BCUT2D eigenvalue weighted by molar-refractivity contribution is 9.10. The smallest absolute Gasteiger partial charge is 0.254 e. The number of carbonyl (C=O) groups is 1. The van der Waals surface area contributed by atoms with Crippen LogP contribution in [-0.4, -0.2) is 29.2 Å². The molecule has 2 nitrogen and oxygen atoms in total. The molecule has 0 radical (unpaired) electrons. The Hall–Kier alpha value is -0.420. The van der Waals surface area contributed by atoms with Crippen LogP contribution in [0.2, 0.25) is 0 Å². The summed E-state index contributed by atoms with van der Waals surface area (Å²) in [6.45, 7) is 2.70. The Bertz CT molecular complexity index is 409. The maximum absolute atomic E-state index is 12.9. The molecule has 0 bridgehead atoms. The first kappa shape index (κ1) is 14.6. The minimum atomic E-state index is -0.356. The number of rotatable bonds is 4. The number of amides is 1. The summed E-state index contributed by atoms with van der Waals surface area (Å²) in [5, 5.41) is 0. The molecule has 17 heavy (non-hydrogen) atoms. The fourth-order valence-corrected chi connectivity index (χ4v) is 2.07. The van der Waals surface area contributed by atoms with Gasteiger partial charge in [0.05, 0.1) is 5.56 Å². The first-order chi connectivity index (χ1) is 7.91. The van der Waals surface area contributed by atoms with Gasteiger partial charge in [-0.2, -0.15) is 0 Å². The molecule has 0 heterocycles. The predicted octanol–water partition coefficient (Wildman–Crippen LogP) is 3.83. The highest BCUT2D eigenvalue weighted by Crippen LogP contribution is 2.19. The lowest BCUT2D eigenvalue weighted by atomic mass is 10.2. The van der Waals surface area contributed by atoms with E-state index in [0.717, 1.165) is 6.42 Å². The van der Waals surface area contributed by atoms with Crippen LogP contribution in [0.5, 0.6) is 0 Å².